The minimum atomic E-state index is -2.47. The van der Waals surface area contributed by atoms with Crippen LogP contribution in [0.25, 0.3) is 0 Å². The number of aliphatic carboxylic acids is 1. The summed E-state index contributed by atoms with van der Waals surface area (Å²) in [6.45, 7) is 0. The van der Waals surface area contributed by atoms with Gasteiger partial charge in [-0.25, -0.2) is 8.78 Å². The lowest BCUT2D eigenvalue weighted by Gasteiger charge is -2.18. The van der Waals surface area contributed by atoms with E-state index in [9.17, 15) is 27.5 Å². The number of carbonyl (C=O) groups is 1. The van der Waals surface area contributed by atoms with E-state index in [0.717, 1.165) is 7.11 Å². The van der Waals surface area contributed by atoms with Gasteiger partial charge in [0.05, 0.1) is 12.7 Å². The Morgan fingerprint density at radius 2 is 1.58 bits per heavy atom. The molecule has 0 saturated heterocycles. The SMILES string of the molecule is COc1c(F)c(F)c([C@@H](O)[C@H](N)C(=O)O)c(F)c1F. The summed E-state index contributed by atoms with van der Waals surface area (Å²) in [5.41, 5.74) is 3.43. The molecular weight excluding hydrogens is 274 g/mol. The van der Waals surface area contributed by atoms with Crippen LogP contribution in [0, 0.1) is 23.3 Å². The Balaban J connectivity index is 3.49. The number of ether oxygens (including phenoxy) is 1. The standard InChI is InChI=1S/C10H9F4NO4/c1-19-9-5(13)3(11)2(4(12)6(9)14)8(16)7(15)10(17)18/h7-8,16H,15H2,1H3,(H,17,18)/t7-,8+/m0/s1. The monoisotopic (exact) mass is 283 g/mol. The van der Waals surface area contributed by atoms with Crippen molar-refractivity contribution in [3.63, 3.8) is 0 Å². The zero-order valence-electron chi connectivity index (χ0n) is 9.45. The number of halogens is 4. The molecule has 0 amide bonds. The third-order valence-electron chi connectivity index (χ3n) is 2.38. The Kier molecular flexibility index (Phi) is 4.32. The summed E-state index contributed by atoms with van der Waals surface area (Å²) in [4.78, 5) is 10.5. The first-order valence-electron chi connectivity index (χ1n) is 4.80. The van der Waals surface area contributed by atoms with Crippen molar-refractivity contribution in [2.24, 2.45) is 5.73 Å². The van der Waals surface area contributed by atoms with Crippen molar-refractivity contribution in [3.05, 3.63) is 28.8 Å². The van der Waals surface area contributed by atoms with Gasteiger partial charge in [-0.05, 0) is 0 Å². The lowest BCUT2D eigenvalue weighted by molar-refractivity contribution is -0.141. The molecule has 4 N–H and O–H groups in total. The Labute approximate surface area is 104 Å². The van der Waals surface area contributed by atoms with Crippen molar-refractivity contribution in [1.82, 2.24) is 0 Å². The number of hydrogen-bond acceptors (Lipinski definition) is 4. The molecule has 0 unspecified atom stereocenters. The average molecular weight is 283 g/mol. The van der Waals surface area contributed by atoms with Gasteiger partial charge in [0.25, 0.3) is 0 Å². The van der Waals surface area contributed by atoms with Gasteiger partial charge in [0, 0.05) is 0 Å². The number of benzene rings is 1. The molecule has 1 rings (SSSR count). The molecule has 1 aromatic carbocycles. The van der Waals surface area contributed by atoms with E-state index in [1.165, 1.54) is 0 Å². The zero-order valence-corrected chi connectivity index (χ0v) is 9.45. The topological polar surface area (TPSA) is 92.8 Å². The minimum absolute atomic E-state index is 0.777. The highest BCUT2D eigenvalue weighted by molar-refractivity contribution is 5.74. The summed E-state index contributed by atoms with van der Waals surface area (Å²) in [7, 11) is 0.777. The summed E-state index contributed by atoms with van der Waals surface area (Å²) < 4.78 is 57.8. The molecule has 0 heterocycles. The van der Waals surface area contributed by atoms with Crippen LogP contribution in [-0.2, 0) is 4.79 Å². The van der Waals surface area contributed by atoms with Crippen LogP contribution in [0.15, 0.2) is 0 Å². The second-order valence-corrected chi connectivity index (χ2v) is 3.51. The van der Waals surface area contributed by atoms with E-state index in [1.807, 2.05) is 0 Å². The first-order chi connectivity index (χ1) is 8.73. The van der Waals surface area contributed by atoms with Crippen LogP contribution in [0.1, 0.15) is 11.7 Å². The fourth-order valence-electron chi connectivity index (χ4n) is 1.38. The van der Waals surface area contributed by atoms with Crippen molar-refractivity contribution < 1.29 is 37.3 Å². The fraction of sp³-hybridized carbons (Fsp3) is 0.300. The quantitative estimate of drug-likeness (QED) is 0.558. The molecule has 0 bridgehead atoms. The second kappa shape index (κ2) is 5.41. The van der Waals surface area contributed by atoms with E-state index in [1.54, 1.807) is 0 Å². The average Bonchev–Trinajstić information content (AvgIpc) is 2.36. The number of hydrogen-bond donors (Lipinski definition) is 3. The third-order valence-corrected chi connectivity index (χ3v) is 2.38. The number of carboxylic acid groups (broad SMARTS) is 1. The number of nitrogens with two attached hydrogens (primary N) is 1. The zero-order chi connectivity index (χ0) is 14.9. The van der Waals surface area contributed by atoms with Gasteiger partial charge in [-0.2, -0.15) is 8.78 Å². The third kappa shape index (κ3) is 2.47. The molecule has 0 radical (unpaired) electrons. The van der Waals surface area contributed by atoms with Gasteiger partial charge in [-0.3, -0.25) is 4.79 Å². The van der Waals surface area contributed by atoms with E-state index >= 15 is 0 Å². The van der Waals surface area contributed by atoms with Crippen molar-refractivity contribution in [2.45, 2.75) is 12.1 Å². The Morgan fingerprint density at radius 3 is 1.89 bits per heavy atom. The normalized spacial score (nSPS) is 14.1. The van der Waals surface area contributed by atoms with E-state index in [4.69, 9.17) is 10.8 Å². The van der Waals surface area contributed by atoms with Crippen molar-refractivity contribution in [2.75, 3.05) is 7.11 Å². The maximum atomic E-state index is 13.5. The van der Waals surface area contributed by atoms with Crippen LogP contribution in [0.4, 0.5) is 17.6 Å². The van der Waals surface area contributed by atoms with Crippen LogP contribution in [0.2, 0.25) is 0 Å². The number of rotatable bonds is 4. The summed E-state index contributed by atoms with van der Waals surface area (Å²) in [5, 5.41) is 17.9. The molecule has 0 aliphatic heterocycles. The highest BCUT2D eigenvalue weighted by atomic mass is 19.2. The lowest BCUT2D eigenvalue weighted by Crippen LogP contribution is -2.37. The summed E-state index contributed by atoms with van der Waals surface area (Å²) in [6, 6.07) is -2.16. The molecule has 0 fully saturated rings. The van der Waals surface area contributed by atoms with Gasteiger partial charge >= 0.3 is 5.97 Å². The highest BCUT2D eigenvalue weighted by Crippen LogP contribution is 2.33. The van der Waals surface area contributed by atoms with E-state index < -0.39 is 52.7 Å². The molecule has 19 heavy (non-hydrogen) atoms. The molecule has 0 aliphatic rings. The molecule has 0 saturated carbocycles. The highest BCUT2D eigenvalue weighted by Gasteiger charge is 2.34. The van der Waals surface area contributed by atoms with Crippen LogP contribution in [0.3, 0.4) is 0 Å². The molecule has 0 aromatic heterocycles. The minimum Gasteiger partial charge on any atom is -0.491 e. The van der Waals surface area contributed by atoms with Crippen molar-refractivity contribution >= 4 is 5.97 Å². The maximum Gasteiger partial charge on any atom is 0.323 e. The van der Waals surface area contributed by atoms with Crippen LogP contribution < -0.4 is 10.5 Å². The first-order valence-corrected chi connectivity index (χ1v) is 4.80. The smallest absolute Gasteiger partial charge is 0.323 e. The summed E-state index contributed by atoms with van der Waals surface area (Å²) >= 11 is 0. The second-order valence-electron chi connectivity index (χ2n) is 3.51. The number of methoxy groups -OCH3 is 1. The van der Waals surface area contributed by atoms with Gasteiger partial charge in [-0.1, -0.05) is 0 Å². The van der Waals surface area contributed by atoms with Crippen molar-refractivity contribution in [3.8, 4) is 5.75 Å². The molecule has 0 aliphatic carbocycles. The van der Waals surface area contributed by atoms with Gasteiger partial charge in [0.2, 0.25) is 11.6 Å². The number of aliphatic hydroxyl groups is 1. The van der Waals surface area contributed by atoms with Crippen LogP contribution in [0.5, 0.6) is 5.75 Å². The first kappa shape index (κ1) is 15.2. The van der Waals surface area contributed by atoms with E-state index in [-0.39, 0.29) is 0 Å². The Bertz CT molecular complexity index is 494. The van der Waals surface area contributed by atoms with Gasteiger partial charge < -0.3 is 20.7 Å². The predicted octanol–water partition coefficient (Wildman–Crippen LogP) is 0.697. The molecular formula is C10H9F4NO4. The van der Waals surface area contributed by atoms with Crippen LogP contribution in [-0.4, -0.2) is 29.3 Å². The number of carboxylic acids is 1. The lowest BCUT2D eigenvalue weighted by atomic mass is 10.0. The van der Waals surface area contributed by atoms with Gasteiger partial charge in [-0.15, -0.1) is 0 Å². The molecule has 106 valence electrons. The maximum absolute atomic E-state index is 13.5. The molecule has 1 aromatic rings. The fourth-order valence-corrected chi connectivity index (χ4v) is 1.38. The van der Waals surface area contributed by atoms with Crippen LogP contribution >= 0.6 is 0 Å². The van der Waals surface area contributed by atoms with Gasteiger partial charge in [0.15, 0.2) is 17.4 Å². The predicted molar refractivity (Wildman–Crippen MR) is 53.4 cm³/mol. The molecule has 0 spiro atoms. The van der Waals surface area contributed by atoms with E-state index in [0.29, 0.717) is 0 Å². The van der Waals surface area contributed by atoms with Gasteiger partial charge in [0.1, 0.15) is 12.1 Å². The molecule has 5 nitrogen and oxygen atoms in total. The van der Waals surface area contributed by atoms with E-state index in [2.05, 4.69) is 4.74 Å². The Hall–Kier alpha value is -1.87. The summed E-state index contributed by atoms with van der Waals surface area (Å²) in [6.07, 6.45) is -2.47. The van der Waals surface area contributed by atoms with Crippen molar-refractivity contribution in [1.29, 1.82) is 0 Å². The largest absolute Gasteiger partial charge is 0.491 e. The number of aliphatic hydroxyl groups excluding tert-OH is 1. The summed E-state index contributed by atoms with van der Waals surface area (Å²) in [5.74, 6) is -10.9. The Morgan fingerprint density at radius 1 is 1.16 bits per heavy atom. The molecule has 2 atom stereocenters. The molecule has 9 heteroatoms.